The highest BCUT2D eigenvalue weighted by Crippen LogP contribution is 2.26. The number of nitrogens with one attached hydrogen (secondary N) is 1. The highest BCUT2D eigenvalue weighted by Gasteiger charge is 2.45. The monoisotopic (exact) mass is 295 g/mol. The Morgan fingerprint density at radius 2 is 2.33 bits per heavy atom. The van der Waals surface area contributed by atoms with Gasteiger partial charge >= 0.3 is 0 Å². The molecule has 2 rings (SSSR count). The molecule has 0 saturated carbocycles. The maximum Gasteiger partial charge on any atom is 0.236 e. The van der Waals surface area contributed by atoms with Crippen LogP contribution in [0.25, 0.3) is 0 Å². The minimum absolute atomic E-state index is 0.104. The third kappa shape index (κ3) is 2.73. The third-order valence-corrected chi connectivity index (χ3v) is 3.86. The fraction of sp³-hybridized carbons (Fsp3) is 0.778. The highest BCUT2D eigenvalue weighted by atomic mass is 35.5. The number of rotatable bonds is 4. The summed E-state index contributed by atoms with van der Waals surface area (Å²) >= 11 is 6.64. The van der Waals surface area contributed by atoms with Gasteiger partial charge in [-0.05, 0) is 18.0 Å². The minimum atomic E-state index is -1.24. The lowest BCUT2D eigenvalue weighted by Gasteiger charge is -2.42. The van der Waals surface area contributed by atoms with Crippen LogP contribution in [-0.4, -0.2) is 62.2 Å². The summed E-state index contributed by atoms with van der Waals surface area (Å²) < 4.78 is 9.21. The largest absolute Gasteiger partial charge is 0.393 e. The molecule has 102 valence electrons. The normalized spacial score (nSPS) is 32.4. The number of ether oxygens (including phenoxy) is 1. The highest BCUT2D eigenvalue weighted by molar-refractivity contribution is 7.09. The zero-order chi connectivity index (χ0) is 13.2. The van der Waals surface area contributed by atoms with Crippen molar-refractivity contribution < 1.29 is 20.1 Å². The molecule has 7 nitrogen and oxygen atoms in total. The molecule has 0 aromatic carbocycles. The number of aliphatic hydroxyl groups excluding tert-OH is 3. The Morgan fingerprint density at radius 3 is 2.94 bits per heavy atom. The minimum Gasteiger partial charge on any atom is -0.393 e. The zero-order valence-corrected chi connectivity index (χ0v) is 11.0. The van der Waals surface area contributed by atoms with Crippen LogP contribution in [0.4, 0.5) is 5.13 Å². The first kappa shape index (κ1) is 13.9. The van der Waals surface area contributed by atoms with Gasteiger partial charge in [-0.25, -0.2) is 0 Å². The second-order valence-corrected chi connectivity index (χ2v) is 5.18. The average Bonchev–Trinajstić information content (AvgIpc) is 2.78. The van der Waals surface area contributed by atoms with Gasteiger partial charge in [0.15, 0.2) is 0 Å². The van der Waals surface area contributed by atoms with Crippen LogP contribution in [-0.2, 0) is 4.74 Å². The predicted octanol–water partition coefficient (Wildman–Crippen LogP) is -0.523. The number of nitrogens with zero attached hydrogens (tertiary/aromatic N) is 2. The fourth-order valence-corrected chi connectivity index (χ4v) is 2.53. The topological polar surface area (TPSA) is 108 Å². The van der Waals surface area contributed by atoms with Crippen molar-refractivity contribution >= 4 is 28.3 Å². The Kier molecular flexibility index (Phi) is 4.36. The molecule has 0 aliphatic carbocycles. The van der Waals surface area contributed by atoms with E-state index in [0.29, 0.717) is 11.6 Å². The van der Waals surface area contributed by atoms with Gasteiger partial charge in [-0.1, -0.05) is 0 Å². The number of hydrogen-bond donors (Lipinski definition) is 4. The number of anilines is 1. The van der Waals surface area contributed by atoms with Gasteiger partial charge in [-0.3, -0.25) is 0 Å². The van der Waals surface area contributed by atoms with Gasteiger partial charge in [0.05, 0.1) is 25.9 Å². The number of hydrogen-bond acceptors (Lipinski definition) is 8. The number of aliphatic hydroxyl groups is 3. The van der Waals surface area contributed by atoms with Gasteiger partial charge in [0.2, 0.25) is 10.4 Å². The lowest BCUT2D eigenvalue weighted by atomic mass is 9.89. The molecule has 0 amide bonds. The molecule has 18 heavy (non-hydrogen) atoms. The van der Waals surface area contributed by atoms with E-state index in [4.69, 9.17) is 16.3 Å². The van der Waals surface area contributed by atoms with E-state index < -0.39 is 24.4 Å². The van der Waals surface area contributed by atoms with Crippen molar-refractivity contribution in [2.45, 2.75) is 24.2 Å². The van der Waals surface area contributed by atoms with Gasteiger partial charge in [0.25, 0.3) is 0 Å². The Balaban J connectivity index is 2.03. The Labute approximate surface area is 113 Å². The van der Waals surface area contributed by atoms with Crippen LogP contribution < -0.4 is 5.32 Å². The molecule has 1 fully saturated rings. The van der Waals surface area contributed by atoms with Gasteiger partial charge in [-0.15, -0.1) is 0 Å². The van der Waals surface area contributed by atoms with E-state index in [2.05, 4.69) is 14.7 Å². The van der Waals surface area contributed by atoms with Gasteiger partial charge in [0, 0.05) is 11.5 Å². The quantitative estimate of drug-likeness (QED) is 0.592. The summed E-state index contributed by atoms with van der Waals surface area (Å²) in [4.78, 5) is 3.88. The van der Waals surface area contributed by atoms with Crippen molar-refractivity contribution in [2.24, 2.45) is 0 Å². The lowest BCUT2D eigenvalue weighted by molar-refractivity contribution is -0.205. The molecular weight excluding hydrogens is 282 g/mol. The molecule has 0 spiro atoms. The molecule has 3 unspecified atom stereocenters. The summed E-state index contributed by atoms with van der Waals surface area (Å²) in [5, 5.41) is 32.5. The SMILES string of the molecule is OCC1(CNc2nc(Cl)ns2)OCCC(O)C1O. The van der Waals surface area contributed by atoms with Crippen molar-refractivity contribution in [2.75, 3.05) is 25.1 Å². The van der Waals surface area contributed by atoms with Crippen molar-refractivity contribution in [3.63, 3.8) is 0 Å². The Bertz CT molecular complexity index is 407. The molecule has 3 atom stereocenters. The van der Waals surface area contributed by atoms with Gasteiger partial charge < -0.3 is 25.4 Å². The first-order valence-electron chi connectivity index (χ1n) is 5.41. The second kappa shape index (κ2) is 5.64. The number of aromatic nitrogens is 2. The molecule has 1 saturated heterocycles. The van der Waals surface area contributed by atoms with E-state index in [1.165, 1.54) is 0 Å². The van der Waals surface area contributed by atoms with Crippen molar-refractivity contribution in [1.29, 1.82) is 0 Å². The second-order valence-electron chi connectivity index (χ2n) is 4.09. The summed E-state index contributed by atoms with van der Waals surface area (Å²) in [7, 11) is 0. The lowest BCUT2D eigenvalue weighted by Crippen LogP contribution is -2.61. The van der Waals surface area contributed by atoms with Crippen LogP contribution in [0.1, 0.15) is 6.42 Å². The van der Waals surface area contributed by atoms with Crippen molar-refractivity contribution in [3.8, 4) is 0 Å². The number of halogens is 1. The van der Waals surface area contributed by atoms with Crippen LogP contribution >= 0.6 is 23.1 Å². The summed E-state index contributed by atoms with van der Waals surface area (Å²) in [5.74, 6) is 0. The standard InChI is InChI=1S/C9H14ClN3O4S/c10-7-12-8(18-13-7)11-3-9(4-14)6(16)5(15)1-2-17-9/h5-6,14-16H,1-4H2,(H,11,12,13). The Morgan fingerprint density at radius 1 is 1.56 bits per heavy atom. The Hall–Kier alpha value is -0.510. The maximum absolute atomic E-state index is 9.94. The van der Waals surface area contributed by atoms with Gasteiger partial charge in [-0.2, -0.15) is 9.36 Å². The van der Waals surface area contributed by atoms with E-state index >= 15 is 0 Å². The fourth-order valence-electron chi connectivity index (χ4n) is 1.83. The first-order chi connectivity index (χ1) is 8.57. The van der Waals surface area contributed by atoms with Crippen LogP contribution in [0.3, 0.4) is 0 Å². The third-order valence-electron chi connectivity index (χ3n) is 2.91. The van der Waals surface area contributed by atoms with Crippen LogP contribution in [0.2, 0.25) is 5.28 Å². The smallest absolute Gasteiger partial charge is 0.236 e. The molecular formula is C9H14ClN3O4S. The summed E-state index contributed by atoms with van der Waals surface area (Å²) in [6.45, 7) is -0.0324. The van der Waals surface area contributed by atoms with E-state index in [0.717, 1.165) is 11.5 Å². The molecule has 1 aliphatic rings. The van der Waals surface area contributed by atoms with Crippen LogP contribution in [0.5, 0.6) is 0 Å². The molecule has 1 aliphatic heterocycles. The zero-order valence-electron chi connectivity index (χ0n) is 9.41. The summed E-state index contributed by atoms with van der Waals surface area (Å²) in [6.07, 6.45) is -1.73. The molecule has 0 bridgehead atoms. The van der Waals surface area contributed by atoms with E-state index in [-0.39, 0.29) is 18.4 Å². The molecule has 0 radical (unpaired) electrons. The molecule has 1 aromatic heterocycles. The molecule has 9 heteroatoms. The predicted molar refractivity (Wildman–Crippen MR) is 65.8 cm³/mol. The van der Waals surface area contributed by atoms with E-state index in [1.807, 2.05) is 0 Å². The van der Waals surface area contributed by atoms with E-state index in [1.54, 1.807) is 0 Å². The molecule has 1 aromatic rings. The summed E-state index contributed by atoms with van der Waals surface area (Å²) in [6, 6.07) is 0. The first-order valence-corrected chi connectivity index (χ1v) is 6.56. The maximum atomic E-state index is 9.94. The van der Waals surface area contributed by atoms with Crippen LogP contribution in [0.15, 0.2) is 0 Å². The van der Waals surface area contributed by atoms with Crippen molar-refractivity contribution in [1.82, 2.24) is 9.36 Å². The molecule has 4 N–H and O–H groups in total. The average molecular weight is 296 g/mol. The summed E-state index contributed by atoms with van der Waals surface area (Å²) in [5.41, 5.74) is -1.24. The van der Waals surface area contributed by atoms with E-state index in [9.17, 15) is 15.3 Å². The van der Waals surface area contributed by atoms with Gasteiger partial charge in [0.1, 0.15) is 11.7 Å². The van der Waals surface area contributed by atoms with Crippen molar-refractivity contribution in [3.05, 3.63) is 5.28 Å². The molecule has 2 heterocycles. The van der Waals surface area contributed by atoms with Crippen LogP contribution in [0, 0.1) is 0 Å².